The van der Waals surface area contributed by atoms with Crippen molar-refractivity contribution in [3.8, 4) is 0 Å². The van der Waals surface area contributed by atoms with Gasteiger partial charge in [-0.25, -0.2) is 0 Å². The predicted octanol–water partition coefficient (Wildman–Crippen LogP) is 20.5. The number of aliphatic hydroxyl groups is 1. The molecule has 3 unspecified atom stereocenters. The van der Waals surface area contributed by atoms with Crippen molar-refractivity contribution in [3.63, 3.8) is 0 Å². The lowest BCUT2D eigenvalue weighted by molar-refractivity contribution is -0.870. The summed E-state index contributed by atoms with van der Waals surface area (Å²) in [5.74, 6) is -0.157. The molecule has 0 aliphatic heterocycles. The Morgan fingerprint density at radius 1 is 0.461 bits per heavy atom. The number of unbranched alkanes of at least 4 members (excludes halogenated alkanes) is 46. The highest BCUT2D eigenvalue weighted by Crippen LogP contribution is 2.38. The zero-order chi connectivity index (χ0) is 55.6. The molecule has 0 saturated heterocycles. The summed E-state index contributed by atoms with van der Waals surface area (Å²) in [5.41, 5.74) is 0. The molecule has 452 valence electrons. The van der Waals surface area contributed by atoms with Gasteiger partial charge in [0.1, 0.15) is 13.2 Å². The number of amides is 1. The number of aliphatic hydroxyl groups excluding tert-OH is 1. The SMILES string of the molecule is CCCCCCC/C=C\C/C=C\CCCCCCCCCCCCCCCCCCCC(=O)NC(COP(=O)([O-])OCC[N+](C)(C)C)C(O)CCCCCCCCCCCCCCCCCCCCCCCCCCC. The van der Waals surface area contributed by atoms with Crippen LogP contribution in [0.3, 0.4) is 0 Å². The molecule has 76 heavy (non-hydrogen) atoms. The van der Waals surface area contributed by atoms with Crippen LogP contribution in [0.25, 0.3) is 0 Å². The Balaban J connectivity index is 4.03. The van der Waals surface area contributed by atoms with E-state index in [9.17, 15) is 19.4 Å². The van der Waals surface area contributed by atoms with Crippen molar-refractivity contribution in [1.82, 2.24) is 5.32 Å². The summed E-state index contributed by atoms with van der Waals surface area (Å²) in [4.78, 5) is 25.6. The normalized spacial score (nSPS) is 13.8. The molecule has 0 radical (unpaired) electrons. The predicted molar refractivity (Wildman–Crippen MR) is 330 cm³/mol. The monoisotopic (exact) mass is 1090 g/mol. The van der Waals surface area contributed by atoms with E-state index in [-0.39, 0.29) is 19.1 Å². The van der Waals surface area contributed by atoms with Crippen molar-refractivity contribution in [3.05, 3.63) is 24.3 Å². The number of allylic oxidation sites excluding steroid dienone is 4. The van der Waals surface area contributed by atoms with Crippen molar-refractivity contribution in [2.45, 2.75) is 360 Å². The minimum absolute atomic E-state index is 0.0147. The van der Waals surface area contributed by atoms with Gasteiger partial charge in [0.2, 0.25) is 5.91 Å². The van der Waals surface area contributed by atoms with Gasteiger partial charge in [0, 0.05) is 6.42 Å². The maximum Gasteiger partial charge on any atom is 0.268 e. The van der Waals surface area contributed by atoms with Crippen LogP contribution in [-0.2, 0) is 18.4 Å². The largest absolute Gasteiger partial charge is 0.756 e. The number of rotatable bonds is 63. The zero-order valence-electron chi connectivity index (χ0n) is 51.7. The van der Waals surface area contributed by atoms with Crippen LogP contribution in [0.1, 0.15) is 348 Å². The standard InChI is InChI=1S/C67H133N2O6P/c1-6-8-10-12-14-16-18-20-22-24-26-28-30-32-33-34-35-37-39-41-43-45-47-49-51-53-55-57-59-61-67(71)68-65(64-75-76(72,73)74-63-62-69(3,4)5)66(70)60-58-56-54-52-50-48-46-44-42-40-38-36-31-29-27-25-23-21-19-17-15-13-11-9-7-2/h18,20,24,26,65-66,70H,6-17,19,21-23,25,27-64H2,1-5H3,(H-,68,71,72,73)/b20-18-,26-24-. The first kappa shape index (κ1) is 75.0. The highest BCUT2D eigenvalue weighted by molar-refractivity contribution is 7.45. The van der Waals surface area contributed by atoms with E-state index in [1.165, 1.54) is 276 Å². The Morgan fingerprint density at radius 2 is 0.763 bits per heavy atom. The average Bonchev–Trinajstić information content (AvgIpc) is 3.38. The smallest absolute Gasteiger partial charge is 0.268 e. The molecule has 2 N–H and O–H groups in total. The van der Waals surface area contributed by atoms with Crippen LogP contribution in [0.15, 0.2) is 24.3 Å². The van der Waals surface area contributed by atoms with Crippen LogP contribution in [-0.4, -0.2) is 68.5 Å². The molecule has 3 atom stereocenters. The fraction of sp³-hybridized carbons (Fsp3) is 0.925. The van der Waals surface area contributed by atoms with Gasteiger partial charge >= 0.3 is 0 Å². The minimum atomic E-state index is -4.58. The second-order valence-electron chi connectivity index (χ2n) is 24.5. The fourth-order valence-corrected chi connectivity index (χ4v) is 11.2. The summed E-state index contributed by atoms with van der Waals surface area (Å²) in [6, 6.07) is -0.800. The van der Waals surface area contributed by atoms with Crippen molar-refractivity contribution >= 4 is 13.7 Å². The van der Waals surface area contributed by atoms with Crippen LogP contribution in [0.2, 0.25) is 0 Å². The van der Waals surface area contributed by atoms with E-state index in [1.54, 1.807) is 0 Å². The third-order valence-corrected chi connectivity index (χ3v) is 16.7. The highest BCUT2D eigenvalue weighted by atomic mass is 31.2. The average molecular weight is 1090 g/mol. The van der Waals surface area contributed by atoms with E-state index in [2.05, 4.69) is 43.5 Å². The van der Waals surface area contributed by atoms with E-state index in [1.807, 2.05) is 21.1 Å². The fourth-order valence-electron chi connectivity index (χ4n) is 10.4. The Morgan fingerprint density at radius 3 is 1.09 bits per heavy atom. The van der Waals surface area contributed by atoms with Gasteiger partial charge in [0.05, 0.1) is 39.9 Å². The van der Waals surface area contributed by atoms with E-state index in [0.29, 0.717) is 23.9 Å². The number of phosphoric ester groups is 1. The van der Waals surface area contributed by atoms with Gasteiger partial charge in [-0.3, -0.25) is 9.36 Å². The van der Waals surface area contributed by atoms with Crippen molar-refractivity contribution in [2.75, 3.05) is 40.9 Å². The number of likely N-dealkylation sites (N-methyl/N-ethyl adjacent to an activating group) is 1. The molecule has 0 fully saturated rings. The van der Waals surface area contributed by atoms with Gasteiger partial charge in [-0.2, -0.15) is 0 Å². The van der Waals surface area contributed by atoms with E-state index in [0.717, 1.165) is 44.9 Å². The Bertz CT molecular complexity index is 1290. The molecule has 1 amide bonds. The van der Waals surface area contributed by atoms with Crippen LogP contribution < -0.4 is 10.2 Å². The van der Waals surface area contributed by atoms with Gasteiger partial charge in [-0.15, -0.1) is 0 Å². The lowest BCUT2D eigenvalue weighted by atomic mass is 10.0. The van der Waals surface area contributed by atoms with E-state index in [4.69, 9.17) is 9.05 Å². The maximum absolute atomic E-state index is 13.0. The number of nitrogens with zero attached hydrogens (tertiary/aromatic N) is 1. The van der Waals surface area contributed by atoms with Gasteiger partial charge in [0.15, 0.2) is 0 Å². The maximum atomic E-state index is 13.0. The molecule has 0 saturated carbocycles. The molecule has 9 heteroatoms. The number of nitrogens with one attached hydrogen (secondary N) is 1. The molecule has 0 aromatic carbocycles. The zero-order valence-corrected chi connectivity index (χ0v) is 52.6. The topological polar surface area (TPSA) is 108 Å². The van der Waals surface area contributed by atoms with Crippen molar-refractivity contribution in [2.24, 2.45) is 0 Å². The number of carbonyl (C=O) groups excluding carboxylic acids is 1. The summed E-state index contributed by atoms with van der Waals surface area (Å²) in [5, 5.41) is 14.1. The molecule has 0 rings (SSSR count). The Hall–Kier alpha value is -1.02. The molecular weight excluding hydrogens is 960 g/mol. The number of hydrogen-bond acceptors (Lipinski definition) is 6. The number of hydrogen-bond donors (Lipinski definition) is 2. The summed E-state index contributed by atoms with van der Waals surface area (Å²) in [6.07, 6.45) is 75.2. The number of carbonyl (C=O) groups is 1. The quantitative estimate of drug-likeness (QED) is 0.0272. The van der Waals surface area contributed by atoms with Crippen LogP contribution in [0, 0.1) is 0 Å². The van der Waals surface area contributed by atoms with Crippen LogP contribution in [0.5, 0.6) is 0 Å². The van der Waals surface area contributed by atoms with Gasteiger partial charge < -0.3 is 28.8 Å². The minimum Gasteiger partial charge on any atom is -0.756 e. The van der Waals surface area contributed by atoms with E-state index >= 15 is 0 Å². The Labute approximate surface area is 474 Å². The Kier molecular flexibility index (Phi) is 57.8. The first-order valence-corrected chi connectivity index (χ1v) is 35.1. The first-order chi connectivity index (χ1) is 37.0. The van der Waals surface area contributed by atoms with Gasteiger partial charge in [0.25, 0.3) is 7.82 Å². The molecule has 0 aliphatic rings. The molecule has 0 spiro atoms. The summed E-state index contributed by atoms with van der Waals surface area (Å²) in [6.45, 7) is 4.77. The molecule has 0 aromatic rings. The van der Waals surface area contributed by atoms with Gasteiger partial charge in [-0.1, -0.05) is 321 Å². The lowest BCUT2D eigenvalue weighted by Crippen LogP contribution is -2.46. The third-order valence-electron chi connectivity index (χ3n) is 15.7. The highest BCUT2D eigenvalue weighted by Gasteiger charge is 2.24. The van der Waals surface area contributed by atoms with E-state index < -0.39 is 20.0 Å². The molecule has 0 aromatic heterocycles. The van der Waals surface area contributed by atoms with Crippen molar-refractivity contribution < 1.29 is 32.9 Å². The second kappa shape index (κ2) is 58.6. The van der Waals surface area contributed by atoms with Crippen LogP contribution in [0.4, 0.5) is 0 Å². The molecule has 0 bridgehead atoms. The first-order valence-electron chi connectivity index (χ1n) is 33.7. The molecule has 8 nitrogen and oxygen atoms in total. The lowest BCUT2D eigenvalue weighted by Gasteiger charge is -2.30. The van der Waals surface area contributed by atoms with Crippen LogP contribution >= 0.6 is 7.82 Å². The summed E-state index contributed by atoms with van der Waals surface area (Å²) in [7, 11) is 1.32. The number of quaternary nitrogens is 1. The second-order valence-corrected chi connectivity index (χ2v) is 25.9. The third kappa shape index (κ3) is 60.6. The summed E-state index contributed by atoms with van der Waals surface area (Å²) < 4.78 is 23.5. The number of phosphoric acid groups is 1. The molecular formula is C67H133N2O6P. The molecule has 0 heterocycles. The molecule has 0 aliphatic carbocycles. The summed E-state index contributed by atoms with van der Waals surface area (Å²) >= 11 is 0. The van der Waals surface area contributed by atoms with Gasteiger partial charge in [-0.05, 0) is 44.9 Å². The van der Waals surface area contributed by atoms with Crippen molar-refractivity contribution in [1.29, 1.82) is 0 Å².